The van der Waals surface area contributed by atoms with Gasteiger partial charge in [-0.05, 0) is 30.5 Å². The molecule has 0 saturated carbocycles. The first kappa shape index (κ1) is 12.5. The highest BCUT2D eigenvalue weighted by atomic mass is 16.6. The summed E-state index contributed by atoms with van der Waals surface area (Å²) in [5.74, 6) is 0.448. The third-order valence-corrected chi connectivity index (χ3v) is 3.56. The van der Waals surface area contributed by atoms with Gasteiger partial charge >= 0.3 is 5.69 Å². The number of rotatable bonds is 3. The second-order valence-electron chi connectivity index (χ2n) is 4.74. The number of hydrogen-bond donors (Lipinski definition) is 0. The Hall–Kier alpha value is -2.50. The van der Waals surface area contributed by atoms with Crippen LogP contribution in [0.5, 0.6) is 0 Å². The Labute approximate surface area is 116 Å². The molecule has 0 bridgehead atoms. The van der Waals surface area contributed by atoms with Gasteiger partial charge in [-0.2, -0.15) is 0 Å². The molecular weight excluding hydrogens is 256 g/mol. The Balaban J connectivity index is 1.99. The summed E-state index contributed by atoms with van der Waals surface area (Å²) in [5.41, 5.74) is 1.13. The van der Waals surface area contributed by atoms with E-state index in [0.29, 0.717) is 5.82 Å². The van der Waals surface area contributed by atoms with Crippen LogP contribution in [-0.4, -0.2) is 21.4 Å². The molecule has 6 heteroatoms. The van der Waals surface area contributed by atoms with Crippen molar-refractivity contribution in [3.05, 3.63) is 58.5 Å². The van der Waals surface area contributed by atoms with Crippen molar-refractivity contribution in [2.75, 3.05) is 11.4 Å². The molecule has 2 aromatic heterocycles. The van der Waals surface area contributed by atoms with Crippen molar-refractivity contribution in [1.82, 2.24) is 9.97 Å². The maximum atomic E-state index is 11.1. The lowest BCUT2D eigenvalue weighted by atomic mass is 10.1. The van der Waals surface area contributed by atoms with Crippen molar-refractivity contribution < 1.29 is 4.92 Å². The van der Waals surface area contributed by atoms with Crippen molar-refractivity contribution in [3.8, 4) is 0 Å². The van der Waals surface area contributed by atoms with Crippen LogP contribution in [0.2, 0.25) is 0 Å². The summed E-state index contributed by atoms with van der Waals surface area (Å²) in [7, 11) is 0. The maximum Gasteiger partial charge on any atom is 0.311 e. The Kier molecular flexibility index (Phi) is 3.28. The minimum atomic E-state index is -0.374. The lowest BCUT2D eigenvalue weighted by Crippen LogP contribution is -2.24. The van der Waals surface area contributed by atoms with Crippen LogP contribution in [0.3, 0.4) is 0 Å². The molecule has 102 valence electrons. The fourth-order valence-electron chi connectivity index (χ4n) is 2.69. The van der Waals surface area contributed by atoms with Crippen molar-refractivity contribution in [1.29, 1.82) is 0 Å². The second-order valence-corrected chi connectivity index (χ2v) is 4.74. The molecule has 20 heavy (non-hydrogen) atoms. The van der Waals surface area contributed by atoms with E-state index in [2.05, 4.69) is 9.97 Å². The fourth-order valence-corrected chi connectivity index (χ4v) is 2.69. The van der Waals surface area contributed by atoms with Gasteiger partial charge in [0.15, 0.2) is 0 Å². The quantitative estimate of drug-likeness (QED) is 0.633. The lowest BCUT2D eigenvalue weighted by molar-refractivity contribution is -0.384. The van der Waals surface area contributed by atoms with E-state index in [1.54, 1.807) is 18.5 Å². The van der Waals surface area contributed by atoms with Gasteiger partial charge < -0.3 is 4.90 Å². The van der Waals surface area contributed by atoms with Crippen LogP contribution in [0.4, 0.5) is 11.5 Å². The molecule has 3 heterocycles. The van der Waals surface area contributed by atoms with Crippen LogP contribution >= 0.6 is 0 Å². The smallest absolute Gasteiger partial charge is 0.311 e. The van der Waals surface area contributed by atoms with Crippen LogP contribution in [0, 0.1) is 10.1 Å². The van der Waals surface area contributed by atoms with E-state index in [0.717, 1.165) is 24.9 Å². The van der Waals surface area contributed by atoms with Crippen LogP contribution < -0.4 is 4.90 Å². The van der Waals surface area contributed by atoms with Gasteiger partial charge in [0, 0.05) is 31.2 Å². The van der Waals surface area contributed by atoms with E-state index in [1.807, 2.05) is 23.2 Å². The number of pyridine rings is 2. The average Bonchev–Trinajstić information content (AvgIpc) is 2.97. The first-order chi connectivity index (χ1) is 9.77. The van der Waals surface area contributed by atoms with Gasteiger partial charge in [0.2, 0.25) is 5.82 Å². The molecular formula is C14H14N4O2. The Morgan fingerprint density at radius 2 is 2.15 bits per heavy atom. The molecule has 0 radical (unpaired) electrons. The van der Waals surface area contributed by atoms with E-state index < -0.39 is 0 Å². The van der Waals surface area contributed by atoms with Gasteiger partial charge in [0.25, 0.3) is 0 Å². The second kappa shape index (κ2) is 5.24. The molecule has 0 amide bonds. The van der Waals surface area contributed by atoms with Crippen LogP contribution in [0.25, 0.3) is 0 Å². The number of anilines is 1. The van der Waals surface area contributed by atoms with Gasteiger partial charge in [-0.1, -0.05) is 6.07 Å². The summed E-state index contributed by atoms with van der Waals surface area (Å²) in [5, 5.41) is 11.1. The predicted octanol–water partition coefficient (Wildman–Crippen LogP) is 2.73. The third-order valence-electron chi connectivity index (χ3n) is 3.56. The minimum Gasteiger partial charge on any atom is -0.344 e. The van der Waals surface area contributed by atoms with E-state index in [1.165, 1.54) is 6.07 Å². The monoisotopic (exact) mass is 270 g/mol. The zero-order chi connectivity index (χ0) is 13.9. The van der Waals surface area contributed by atoms with E-state index in [4.69, 9.17) is 0 Å². The van der Waals surface area contributed by atoms with Gasteiger partial charge in [-0.15, -0.1) is 0 Å². The summed E-state index contributed by atoms with van der Waals surface area (Å²) < 4.78 is 0. The highest BCUT2D eigenvalue weighted by Gasteiger charge is 2.31. The minimum absolute atomic E-state index is 0.0586. The normalized spacial score (nSPS) is 18.2. The molecule has 1 aliphatic heterocycles. The topological polar surface area (TPSA) is 72.2 Å². The molecule has 0 N–H and O–H groups in total. The van der Waals surface area contributed by atoms with Crippen molar-refractivity contribution in [3.63, 3.8) is 0 Å². The lowest BCUT2D eigenvalue weighted by Gasteiger charge is -2.25. The largest absolute Gasteiger partial charge is 0.344 e. The summed E-state index contributed by atoms with van der Waals surface area (Å²) >= 11 is 0. The molecule has 6 nitrogen and oxygen atoms in total. The highest BCUT2D eigenvalue weighted by molar-refractivity contribution is 5.59. The molecule has 0 aliphatic carbocycles. The van der Waals surface area contributed by atoms with Crippen LogP contribution in [0.15, 0.2) is 42.9 Å². The Morgan fingerprint density at radius 3 is 2.90 bits per heavy atom. The SMILES string of the molecule is O=[N+]([O-])c1cccnc1N1CCC[C@H]1c1cccnc1. The maximum absolute atomic E-state index is 11.1. The van der Waals surface area contributed by atoms with E-state index in [9.17, 15) is 10.1 Å². The number of aromatic nitrogens is 2. The summed E-state index contributed by atoms with van der Waals surface area (Å²) in [6.45, 7) is 0.775. The van der Waals surface area contributed by atoms with Crippen LogP contribution in [-0.2, 0) is 0 Å². The number of hydrogen-bond acceptors (Lipinski definition) is 5. The Morgan fingerprint density at radius 1 is 1.30 bits per heavy atom. The summed E-state index contributed by atoms with van der Waals surface area (Å²) in [6, 6.07) is 7.10. The highest BCUT2D eigenvalue weighted by Crippen LogP contribution is 2.38. The fraction of sp³-hybridized carbons (Fsp3) is 0.286. The molecule has 1 saturated heterocycles. The summed E-state index contributed by atoms with van der Waals surface area (Å²) in [6.07, 6.45) is 7.09. The molecule has 0 aromatic carbocycles. The first-order valence-electron chi connectivity index (χ1n) is 6.53. The molecule has 1 atom stereocenters. The average molecular weight is 270 g/mol. The molecule has 1 aliphatic rings. The third kappa shape index (κ3) is 2.20. The van der Waals surface area contributed by atoms with Gasteiger partial charge in [-0.3, -0.25) is 15.1 Å². The predicted molar refractivity (Wildman–Crippen MR) is 74.4 cm³/mol. The molecule has 0 spiro atoms. The zero-order valence-electron chi connectivity index (χ0n) is 10.8. The number of nitrogens with zero attached hydrogens (tertiary/aromatic N) is 4. The first-order valence-corrected chi connectivity index (χ1v) is 6.53. The molecule has 1 fully saturated rings. The number of nitro groups is 1. The van der Waals surface area contributed by atoms with Gasteiger partial charge in [0.05, 0.1) is 11.0 Å². The van der Waals surface area contributed by atoms with Crippen LogP contribution in [0.1, 0.15) is 24.4 Å². The van der Waals surface area contributed by atoms with Gasteiger partial charge in [-0.25, -0.2) is 4.98 Å². The van der Waals surface area contributed by atoms with E-state index in [-0.39, 0.29) is 16.7 Å². The van der Waals surface area contributed by atoms with Gasteiger partial charge in [0.1, 0.15) is 0 Å². The van der Waals surface area contributed by atoms with Crippen molar-refractivity contribution >= 4 is 11.5 Å². The van der Waals surface area contributed by atoms with E-state index >= 15 is 0 Å². The van der Waals surface area contributed by atoms with Crippen molar-refractivity contribution in [2.24, 2.45) is 0 Å². The standard InChI is InChI=1S/C14H14N4O2/c19-18(20)13-5-2-8-16-14(13)17-9-3-6-12(17)11-4-1-7-15-10-11/h1-2,4-5,7-8,10,12H,3,6,9H2/t12-/m0/s1. The summed E-state index contributed by atoms with van der Waals surface area (Å²) in [4.78, 5) is 21.1. The zero-order valence-corrected chi connectivity index (χ0v) is 10.8. The molecule has 0 unspecified atom stereocenters. The van der Waals surface area contributed by atoms with Crippen molar-refractivity contribution in [2.45, 2.75) is 18.9 Å². The molecule has 3 rings (SSSR count). The Bertz CT molecular complexity index is 618. The molecule has 2 aromatic rings.